The van der Waals surface area contributed by atoms with E-state index in [-0.39, 0.29) is 0 Å². The third-order valence-corrected chi connectivity index (χ3v) is 3.30. The molecule has 2 N–H and O–H groups in total. The molecule has 0 spiro atoms. The average molecular weight is 226 g/mol. The molecule has 3 heteroatoms. The molecule has 2 rings (SSSR count). The van der Waals surface area contributed by atoms with Crippen molar-refractivity contribution < 1.29 is 4.74 Å². The molecule has 0 amide bonds. The van der Waals surface area contributed by atoms with E-state index >= 15 is 0 Å². The predicted octanol–water partition coefficient (Wildman–Crippen LogP) is 2.42. The molecule has 0 aromatic heterocycles. The first-order valence-electron chi connectivity index (χ1n) is 5.33. The number of hydrogen-bond donors (Lipinski definition) is 1. The van der Waals surface area contributed by atoms with E-state index in [1.165, 1.54) is 5.56 Å². The van der Waals surface area contributed by atoms with E-state index in [2.05, 4.69) is 6.07 Å². The van der Waals surface area contributed by atoms with Crippen molar-refractivity contribution in [2.75, 3.05) is 19.8 Å². The van der Waals surface area contributed by atoms with Crippen LogP contribution in [0.3, 0.4) is 0 Å². The fourth-order valence-electron chi connectivity index (χ4n) is 1.98. The van der Waals surface area contributed by atoms with Crippen LogP contribution >= 0.6 is 11.6 Å². The van der Waals surface area contributed by atoms with Gasteiger partial charge in [0.05, 0.1) is 13.2 Å². The van der Waals surface area contributed by atoms with Crippen molar-refractivity contribution in [3.63, 3.8) is 0 Å². The second-order valence-electron chi connectivity index (χ2n) is 4.09. The van der Waals surface area contributed by atoms with E-state index in [1.807, 2.05) is 18.2 Å². The Balaban J connectivity index is 2.07. The standard InChI is InChI=1S/C12H16ClNO/c13-12-4-2-1-3-11(12)10(6-14)5-9-7-15-8-9/h1-4,9-10H,5-8,14H2. The van der Waals surface area contributed by atoms with Crippen molar-refractivity contribution in [2.45, 2.75) is 12.3 Å². The van der Waals surface area contributed by atoms with Crippen LogP contribution < -0.4 is 5.73 Å². The summed E-state index contributed by atoms with van der Waals surface area (Å²) in [6.07, 6.45) is 1.08. The zero-order valence-corrected chi connectivity index (χ0v) is 9.41. The number of hydrogen-bond acceptors (Lipinski definition) is 2. The summed E-state index contributed by atoms with van der Waals surface area (Å²) in [6, 6.07) is 7.96. The van der Waals surface area contributed by atoms with Crippen LogP contribution in [0.1, 0.15) is 17.9 Å². The minimum absolute atomic E-state index is 0.368. The lowest BCUT2D eigenvalue weighted by Gasteiger charge is -2.29. The van der Waals surface area contributed by atoms with Gasteiger partial charge in [0, 0.05) is 10.9 Å². The van der Waals surface area contributed by atoms with Gasteiger partial charge in [0.15, 0.2) is 0 Å². The maximum atomic E-state index is 6.16. The summed E-state index contributed by atoms with van der Waals surface area (Å²) >= 11 is 6.16. The monoisotopic (exact) mass is 225 g/mol. The van der Waals surface area contributed by atoms with E-state index in [0.29, 0.717) is 18.4 Å². The molecule has 0 bridgehead atoms. The van der Waals surface area contributed by atoms with Gasteiger partial charge in [-0.25, -0.2) is 0 Å². The topological polar surface area (TPSA) is 35.2 Å². The zero-order valence-electron chi connectivity index (χ0n) is 8.66. The van der Waals surface area contributed by atoms with E-state index in [4.69, 9.17) is 22.1 Å². The van der Waals surface area contributed by atoms with Gasteiger partial charge < -0.3 is 10.5 Å². The van der Waals surface area contributed by atoms with Gasteiger partial charge in [-0.1, -0.05) is 29.8 Å². The first-order valence-corrected chi connectivity index (χ1v) is 5.71. The second kappa shape index (κ2) is 4.97. The molecule has 82 valence electrons. The van der Waals surface area contributed by atoms with Gasteiger partial charge in [-0.15, -0.1) is 0 Å². The summed E-state index contributed by atoms with van der Waals surface area (Å²) in [4.78, 5) is 0. The summed E-state index contributed by atoms with van der Waals surface area (Å²) in [5.74, 6) is 1.03. The number of ether oxygens (including phenoxy) is 1. The molecular weight excluding hydrogens is 210 g/mol. The van der Waals surface area contributed by atoms with Gasteiger partial charge in [-0.3, -0.25) is 0 Å². The molecule has 15 heavy (non-hydrogen) atoms. The van der Waals surface area contributed by atoms with Gasteiger partial charge >= 0.3 is 0 Å². The van der Waals surface area contributed by atoms with E-state index < -0.39 is 0 Å². The van der Waals surface area contributed by atoms with Gasteiger partial charge in [0.25, 0.3) is 0 Å². The molecule has 1 unspecified atom stereocenters. The molecule has 2 nitrogen and oxygen atoms in total. The highest BCUT2D eigenvalue weighted by atomic mass is 35.5. The average Bonchev–Trinajstić information content (AvgIpc) is 2.19. The largest absolute Gasteiger partial charge is 0.381 e. The minimum Gasteiger partial charge on any atom is -0.381 e. The number of rotatable bonds is 4. The molecular formula is C12H16ClNO. The maximum absolute atomic E-state index is 6.16. The van der Waals surface area contributed by atoms with Crippen molar-refractivity contribution in [1.29, 1.82) is 0 Å². The van der Waals surface area contributed by atoms with E-state index in [1.54, 1.807) is 0 Å². The summed E-state index contributed by atoms with van der Waals surface area (Å²) in [6.45, 7) is 2.40. The van der Waals surface area contributed by atoms with Crippen molar-refractivity contribution in [3.05, 3.63) is 34.9 Å². The number of benzene rings is 1. The normalized spacial score (nSPS) is 18.5. The number of halogens is 1. The van der Waals surface area contributed by atoms with Crippen molar-refractivity contribution in [3.8, 4) is 0 Å². The van der Waals surface area contributed by atoms with Crippen LogP contribution in [0.5, 0.6) is 0 Å². The molecule has 0 radical (unpaired) electrons. The quantitative estimate of drug-likeness (QED) is 0.854. The van der Waals surface area contributed by atoms with Crippen molar-refractivity contribution in [1.82, 2.24) is 0 Å². The molecule has 1 aliphatic rings. The summed E-state index contributed by atoms with van der Waals surface area (Å²) < 4.78 is 5.17. The Labute approximate surface area is 95.4 Å². The predicted molar refractivity (Wildman–Crippen MR) is 62.2 cm³/mol. The first kappa shape index (κ1) is 10.9. The Morgan fingerprint density at radius 1 is 1.40 bits per heavy atom. The molecule has 1 atom stereocenters. The zero-order chi connectivity index (χ0) is 10.7. The molecule has 0 saturated carbocycles. The Morgan fingerprint density at radius 2 is 2.13 bits per heavy atom. The first-order chi connectivity index (χ1) is 7.31. The molecule has 1 aromatic carbocycles. The Morgan fingerprint density at radius 3 is 2.67 bits per heavy atom. The lowest BCUT2D eigenvalue weighted by atomic mass is 9.88. The highest BCUT2D eigenvalue weighted by Gasteiger charge is 2.24. The lowest BCUT2D eigenvalue weighted by Crippen LogP contribution is -2.30. The fourth-order valence-corrected chi connectivity index (χ4v) is 2.27. The molecule has 1 saturated heterocycles. The lowest BCUT2D eigenvalue weighted by molar-refractivity contribution is -0.0382. The van der Waals surface area contributed by atoms with Crippen molar-refractivity contribution >= 4 is 11.6 Å². The molecule has 0 aliphatic carbocycles. The van der Waals surface area contributed by atoms with Gasteiger partial charge in [0.1, 0.15) is 0 Å². The minimum atomic E-state index is 0.368. The molecule has 1 aliphatic heterocycles. The maximum Gasteiger partial charge on any atom is 0.0516 e. The second-order valence-corrected chi connectivity index (χ2v) is 4.50. The van der Waals surface area contributed by atoms with E-state index in [0.717, 1.165) is 24.7 Å². The summed E-state index contributed by atoms with van der Waals surface area (Å²) in [5.41, 5.74) is 6.98. The Kier molecular flexibility index (Phi) is 3.62. The Bertz CT molecular complexity index is 325. The third kappa shape index (κ3) is 2.51. The van der Waals surface area contributed by atoms with Crippen LogP contribution in [-0.2, 0) is 4.74 Å². The number of nitrogens with two attached hydrogens (primary N) is 1. The van der Waals surface area contributed by atoms with Crippen LogP contribution in [0.15, 0.2) is 24.3 Å². The van der Waals surface area contributed by atoms with Crippen LogP contribution in [-0.4, -0.2) is 19.8 Å². The van der Waals surface area contributed by atoms with Crippen molar-refractivity contribution in [2.24, 2.45) is 11.7 Å². The van der Waals surface area contributed by atoms with E-state index in [9.17, 15) is 0 Å². The highest BCUT2D eigenvalue weighted by Crippen LogP contribution is 2.30. The molecule has 1 heterocycles. The third-order valence-electron chi connectivity index (χ3n) is 2.95. The van der Waals surface area contributed by atoms with Crippen LogP contribution in [0.2, 0.25) is 5.02 Å². The van der Waals surface area contributed by atoms with Gasteiger partial charge in [0.2, 0.25) is 0 Å². The summed E-state index contributed by atoms with van der Waals surface area (Å²) in [7, 11) is 0. The van der Waals surface area contributed by atoms with Gasteiger partial charge in [-0.2, -0.15) is 0 Å². The summed E-state index contributed by atoms with van der Waals surface area (Å²) in [5, 5.41) is 0.827. The Hall–Kier alpha value is -0.570. The smallest absolute Gasteiger partial charge is 0.0516 e. The fraction of sp³-hybridized carbons (Fsp3) is 0.500. The van der Waals surface area contributed by atoms with Crippen LogP contribution in [0.25, 0.3) is 0 Å². The van der Waals surface area contributed by atoms with Gasteiger partial charge in [-0.05, 0) is 30.5 Å². The highest BCUT2D eigenvalue weighted by molar-refractivity contribution is 6.31. The van der Waals surface area contributed by atoms with Crippen LogP contribution in [0.4, 0.5) is 0 Å². The molecule has 1 aromatic rings. The SMILES string of the molecule is NCC(CC1COC1)c1ccccc1Cl. The molecule has 1 fully saturated rings. The van der Waals surface area contributed by atoms with Crippen LogP contribution in [0, 0.1) is 5.92 Å².